The molecule has 7 aliphatic rings. The van der Waals surface area contributed by atoms with Crippen molar-refractivity contribution in [3.05, 3.63) is 53.6 Å². The van der Waals surface area contributed by atoms with Gasteiger partial charge in [0.15, 0.2) is 29.9 Å². The number of aliphatic hydroxyl groups excluding tert-OH is 1. The maximum absolute atomic E-state index is 18.0. The van der Waals surface area contributed by atoms with Gasteiger partial charge in [-0.2, -0.15) is 0 Å². The molecule has 6 aliphatic carbocycles. The first-order chi connectivity index (χ1) is 50.4. The summed E-state index contributed by atoms with van der Waals surface area (Å²) in [7, 11) is 0. The molecule has 106 heavy (non-hydrogen) atoms. The quantitative estimate of drug-likeness (QED) is 0.0153. The lowest BCUT2D eigenvalue weighted by atomic mass is 9.44. The number of benzene rings is 1. The van der Waals surface area contributed by atoms with Crippen molar-refractivity contribution in [3.63, 3.8) is 0 Å². The molecule has 10 N–H and O–H groups in total. The van der Waals surface area contributed by atoms with Crippen LogP contribution in [-0.2, 0) is 82.8 Å². The number of nitrogens with one attached hydrogen (secondary N) is 7. The zero-order valence-electron chi connectivity index (χ0n) is 62.5. The number of amides is 8. The first-order valence-corrected chi connectivity index (χ1v) is 37.3. The number of nitrogens with two attached hydrogens (primary N) is 1. The monoisotopic (exact) mass is 1490 g/mol. The highest BCUT2D eigenvalue weighted by molar-refractivity contribution is 6.02. The number of anilines is 1. The predicted molar refractivity (Wildman–Crippen MR) is 381 cm³/mol. The molecule has 0 aromatic heterocycles. The molecule has 8 amide bonds. The van der Waals surface area contributed by atoms with Gasteiger partial charge in [0.05, 0.1) is 71.7 Å². The van der Waals surface area contributed by atoms with Crippen molar-refractivity contribution in [1.29, 1.82) is 0 Å². The van der Waals surface area contributed by atoms with E-state index >= 15 is 8.78 Å². The fraction of sp³-hybridized carbons (Fsp3) is 0.711. The zero-order valence-corrected chi connectivity index (χ0v) is 62.5. The molecule has 5 fully saturated rings. The molecule has 4 saturated carbocycles. The summed E-state index contributed by atoms with van der Waals surface area (Å²) in [5, 5.41) is 30.6. The molecule has 30 heteroatoms. The van der Waals surface area contributed by atoms with Crippen molar-refractivity contribution in [2.75, 3.05) is 84.5 Å². The van der Waals surface area contributed by atoms with Gasteiger partial charge >= 0.3 is 24.2 Å². The van der Waals surface area contributed by atoms with Gasteiger partial charge in [-0.25, -0.2) is 28.0 Å². The minimum Gasteiger partial charge on any atom is -0.456 e. The maximum atomic E-state index is 18.0. The number of Topliss-reactive ketones (excluding diaryl/α,β-unsaturated/α-hetero) is 1. The highest BCUT2D eigenvalue weighted by atomic mass is 19.1. The summed E-state index contributed by atoms with van der Waals surface area (Å²) in [4.78, 5) is 133. The molecule has 0 bridgehead atoms. The number of halogens is 2. The number of allylic oxidation sites excluding steroid dienone is 4. The van der Waals surface area contributed by atoms with Crippen LogP contribution in [0.25, 0.3) is 0 Å². The molecular formula is C76H110F2N8O20. The number of alkyl halides is 2. The third-order valence-electron chi connectivity index (χ3n) is 21.8. The standard InChI is InChI=1S/C76H110F2N8O20/c1-10-16-63-105-61-40-53-54-39-56(77)55-38-49(87)24-26-73(55,8)75(54,78)59(88)41-74(53,9)76(61,106-63)60(89)44-102-68(94)72(6,7)86-66(92)58(37-45(2)3)84-71(97)103-42-47-20-22-48(23-21-47)82-65(91)57(19-15-27-80-69(79)95)83-67(93)64(46(4)5)85-62(90)25-29-98-31-33-100-35-36-101-34-32-99-30-28-81-70(96)104-43-52-50-17-13-11-12-14-18-51(50)52/h20-24,26,38,45-46,50-54,56-59,61,63-64,88H,10,13-19,25,27-37,39-44H2,1-9H3,(H,81,96)(H,82,91)(H,83,93)(H,84,97)(H,85,90)(H,86,92)(H3,79,80,95)/t50-,51+,52?,53-,54-,56-,57-,58-,59-,61+,63?,64-,73-,74-,75-,76+/m0/s1. The number of urea groups is 1. The lowest BCUT2D eigenvalue weighted by Gasteiger charge is -2.63. The van der Waals surface area contributed by atoms with Gasteiger partial charge in [-0.05, 0) is 149 Å². The minimum atomic E-state index is -2.43. The van der Waals surface area contributed by atoms with Gasteiger partial charge in [0.1, 0.15) is 36.4 Å². The molecule has 588 valence electrons. The topological polar surface area (TPSA) is 384 Å². The normalized spacial score (nSPS) is 28.3. The third-order valence-corrected chi connectivity index (χ3v) is 21.8. The number of hydrogen-bond donors (Lipinski definition) is 9. The number of ketones is 2. The third kappa shape index (κ3) is 20.8. The second-order valence-electron chi connectivity index (χ2n) is 30.4. The first-order valence-electron chi connectivity index (χ1n) is 37.3. The second-order valence-corrected chi connectivity index (χ2v) is 30.4. The van der Waals surface area contributed by atoms with E-state index < -0.39 is 154 Å². The summed E-state index contributed by atoms with van der Waals surface area (Å²) in [6.07, 6.45) is 1.57. The van der Waals surface area contributed by atoms with Gasteiger partial charge in [0.2, 0.25) is 29.4 Å². The van der Waals surface area contributed by atoms with Crippen molar-refractivity contribution in [2.24, 2.45) is 58.0 Å². The van der Waals surface area contributed by atoms with E-state index in [2.05, 4.69) is 49.1 Å². The van der Waals surface area contributed by atoms with E-state index in [1.165, 1.54) is 45.1 Å². The number of primary amides is 1. The van der Waals surface area contributed by atoms with Crippen LogP contribution in [0.3, 0.4) is 0 Å². The Labute approximate surface area is 619 Å². The minimum absolute atomic E-state index is 0.0406. The number of ether oxygens (including phenoxy) is 9. The van der Waals surface area contributed by atoms with Gasteiger partial charge in [0, 0.05) is 54.8 Å². The molecule has 1 aromatic rings. The van der Waals surface area contributed by atoms with Crippen LogP contribution >= 0.6 is 0 Å². The van der Waals surface area contributed by atoms with Gasteiger partial charge in [0.25, 0.3) is 0 Å². The van der Waals surface area contributed by atoms with Gasteiger partial charge in [-0.15, -0.1) is 11.8 Å². The summed E-state index contributed by atoms with van der Waals surface area (Å²) in [5.41, 5.74) is -3.12. The Morgan fingerprint density at radius 3 is 2.06 bits per heavy atom. The van der Waals surface area contributed by atoms with Crippen LogP contribution in [0.1, 0.15) is 151 Å². The van der Waals surface area contributed by atoms with Crippen LogP contribution in [0.2, 0.25) is 0 Å². The molecule has 1 aliphatic heterocycles. The number of esters is 1. The number of alkyl carbamates (subject to hydrolysis) is 2. The average molecular weight is 1490 g/mol. The van der Waals surface area contributed by atoms with E-state index in [1.807, 2.05) is 20.8 Å². The SMILES string of the molecule is CCCC1O[C@@H]2C[C@H]3[C@@H]4C[C@H](F)C5=CC(=O)C=C[C@]5(C)[C@@]4(F)[C@@H](O)C[C@]3(C)[C@]2(C(=O)COC(=O)C(C)(C)NC(=O)[C@H](CC(C)C)NC(=O)OCc2ccc(NC(=O)[C@H](CCCNC(N)=O)NC(=O)[C@@H](NC(=O)CCOCCOCCOCCOCCNC(=O)OCC3[C@H]4CCC#CCC[C@@H]34)C(C)C)cc2)O1. The number of fused-ring (bicyclic) bond motifs is 8. The lowest BCUT2D eigenvalue weighted by molar-refractivity contribution is -0.235. The molecule has 28 nitrogen and oxygen atoms in total. The summed E-state index contributed by atoms with van der Waals surface area (Å²) < 4.78 is 86.1. The number of rotatable bonds is 40. The number of aliphatic hydroxyl groups is 1. The molecule has 8 rings (SSSR count). The fourth-order valence-corrected chi connectivity index (χ4v) is 16.2. The van der Waals surface area contributed by atoms with Gasteiger partial charge in [-0.3, -0.25) is 28.8 Å². The summed E-state index contributed by atoms with van der Waals surface area (Å²) in [6, 6.07) is 2.02. The van der Waals surface area contributed by atoms with Gasteiger partial charge in [-0.1, -0.05) is 66.2 Å². The molecule has 2 unspecified atom stereocenters. The maximum Gasteiger partial charge on any atom is 0.408 e. The fourth-order valence-electron chi connectivity index (χ4n) is 16.2. The van der Waals surface area contributed by atoms with Crippen LogP contribution in [0, 0.1) is 64.1 Å². The molecule has 0 spiro atoms. The van der Waals surface area contributed by atoms with Crippen molar-refractivity contribution in [2.45, 2.75) is 212 Å². The Kier molecular flexibility index (Phi) is 30.0. The Hall–Kier alpha value is -7.66. The first kappa shape index (κ1) is 84.0. The zero-order chi connectivity index (χ0) is 77.2. The van der Waals surface area contributed by atoms with E-state index in [0.717, 1.165) is 31.8 Å². The second kappa shape index (κ2) is 37.9. The highest BCUT2D eigenvalue weighted by Crippen LogP contribution is 2.72. The van der Waals surface area contributed by atoms with E-state index in [9.17, 15) is 53.1 Å². The Morgan fingerprint density at radius 1 is 0.774 bits per heavy atom. The van der Waals surface area contributed by atoms with E-state index in [0.29, 0.717) is 88.0 Å². The Balaban J connectivity index is 0.738. The van der Waals surface area contributed by atoms with Crippen molar-refractivity contribution in [3.8, 4) is 11.8 Å². The summed E-state index contributed by atoms with van der Waals surface area (Å²) in [6.45, 7) is 16.7. The van der Waals surface area contributed by atoms with Crippen LogP contribution in [0.5, 0.6) is 0 Å². The molecule has 1 heterocycles. The van der Waals surface area contributed by atoms with Crippen LogP contribution in [0.15, 0.2) is 48.1 Å². The van der Waals surface area contributed by atoms with E-state index in [4.69, 9.17) is 48.4 Å². The number of carbonyl (C=O) groups is 10. The molecule has 1 saturated heterocycles. The molecule has 0 radical (unpaired) electrons. The summed E-state index contributed by atoms with van der Waals surface area (Å²) in [5.74, 6) is 0.840. The van der Waals surface area contributed by atoms with Crippen molar-refractivity contribution in [1.82, 2.24) is 31.9 Å². The van der Waals surface area contributed by atoms with Crippen LogP contribution in [-0.4, -0.2) is 203 Å². The molecule has 16 atom stereocenters. The largest absolute Gasteiger partial charge is 0.456 e. The lowest BCUT2D eigenvalue weighted by Crippen LogP contribution is -2.71. The number of carbonyl (C=O) groups excluding carboxylic acids is 10. The van der Waals surface area contributed by atoms with Crippen molar-refractivity contribution >= 4 is 65.1 Å². The average Bonchev–Trinajstić information content (AvgIpc) is 1.43. The van der Waals surface area contributed by atoms with Crippen LogP contribution in [0.4, 0.5) is 28.9 Å². The van der Waals surface area contributed by atoms with E-state index in [-0.39, 0.29) is 89.4 Å². The highest BCUT2D eigenvalue weighted by Gasteiger charge is 2.80. The molecule has 1 aromatic carbocycles. The Morgan fingerprint density at radius 2 is 1.42 bits per heavy atom. The van der Waals surface area contributed by atoms with Crippen LogP contribution < -0.4 is 43.0 Å². The summed E-state index contributed by atoms with van der Waals surface area (Å²) >= 11 is 0. The molecular weight excluding hydrogens is 1380 g/mol. The smallest absolute Gasteiger partial charge is 0.408 e. The Bertz CT molecular complexity index is 3380. The number of hydrogen-bond acceptors (Lipinski definition) is 20. The van der Waals surface area contributed by atoms with E-state index in [1.54, 1.807) is 32.9 Å². The predicted octanol–water partition coefficient (Wildman–Crippen LogP) is 6.18. The van der Waals surface area contributed by atoms with Crippen molar-refractivity contribution < 1.29 is 104 Å². The van der Waals surface area contributed by atoms with Gasteiger partial charge < -0.3 is 90.7 Å².